The third-order valence-electron chi connectivity index (χ3n) is 3.94. The van der Waals surface area contributed by atoms with Crippen LogP contribution in [-0.4, -0.2) is 29.6 Å². The summed E-state index contributed by atoms with van der Waals surface area (Å²) >= 11 is 0. The zero-order chi connectivity index (χ0) is 22.3. The number of amides is 3. The molecule has 0 saturated carbocycles. The van der Waals surface area contributed by atoms with Crippen LogP contribution in [0.15, 0.2) is 47.6 Å². The molecule has 9 nitrogen and oxygen atoms in total. The summed E-state index contributed by atoms with van der Waals surface area (Å²) in [6.45, 7) is 7.86. The first-order valence-electron chi connectivity index (χ1n) is 9.44. The normalized spacial score (nSPS) is 12.7. The number of pyridine rings is 1. The molecule has 30 heavy (non-hydrogen) atoms. The second kappa shape index (κ2) is 9.73. The number of nitrogens with two attached hydrogens (primary N) is 2. The fourth-order valence-electron chi connectivity index (χ4n) is 2.40. The van der Waals surface area contributed by atoms with Crippen LogP contribution >= 0.6 is 0 Å². The molecule has 1 aromatic carbocycles. The lowest BCUT2D eigenvalue weighted by Crippen LogP contribution is -2.31. The van der Waals surface area contributed by atoms with Crippen molar-refractivity contribution in [3.05, 3.63) is 53.7 Å². The first kappa shape index (κ1) is 22.7. The number of carbonyl (C=O) groups is 2. The molecule has 3 amide bonds. The number of rotatable bonds is 5. The summed E-state index contributed by atoms with van der Waals surface area (Å²) in [6.07, 6.45) is 0.528. The Labute approximate surface area is 175 Å². The number of hydrogen-bond acceptors (Lipinski definition) is 5. The molecular weight excluding hydrogens is 384 g/mol. The molecule has 9 heteroatoms. The van der Waals surface area contributed by atoms with Crippen molar-refractivity contribution in [1.29, 1.82) is 0 Å². The Morgan fingerprint density at radius 3 is 2.50 bits per heavy atom. The molecule has 0 spiro atoms. The van der Waals surface area contributed by atoms with Crippen LogP contribution in [-0.2, 0) is 4.74 Å². The number of aliphatic imine (C=N–C) groups is 1. The Bertz CT molecular complexity index is 922. The SMILES string of the molecule is C[C@@H](NC(=O)Nc1cc(N)c(/C(N)=N\C(=O)OCC(C)(C)C)cn1)c1ccccc1. The molecule has 2 rings (SSSR count). The summed E-state index contributed by atoms with van der Waals surface area (Å²) in [5.41, 5.74) is 13.1. The van der Waals surface area contributed by atoms with Gasteiger partial charge >= 0.3 is 12.1 Å². The molecule has 0 bridgehead atoms. The van der Waals surface area contributed by atoms with Crippen molar-refractivity contribution in [2.75, 3.05) is 17.7 Å². The van der Waals surface area contributed by atoms with Gasteiger partial charge in [0.05, 0.1) is 18.2 Å². The standard InChI is InChI=1S/C21H28N6O3/c1-13(14-8-6-5-7-9-14)25-19(28)26-17-10-16(22)15(11-24-17)18(23)27-20(29)30-12-21(2,3)4/h5-11,13H,12H2,1-4H3,(H2,23,27,29)(H4,22,24,25,26,28)/t13-/m1/s1. The average Bonchev–Trinajstić information content (AvgIpc) is 2.66. The fourth-order valence-corrected chi connectivity index (χ4v) is 2.40. The lowest BCUT2D eigenvalue weighted by Gasteiger charge is -2.16. The van der Waals surface area contributed by atoms with E-state index in [1.54, 1.807) is 0 Å². The van der Waals surface area contributed by atoms with Gasteiger partial charge in [-0.1, -0.05) is 51.1 Å². The average molecular weight is 412 g/mol. The fraction of sp³-hybridized carbons (Fsp3) is 0.333. The largest absolute Gasteiger partial charge is 0.447 e. The van der Waals surface area contributed by atoms with Crippen molar-refractivity contribution in [3.63, 3.8) is 0 Å². The molecule has 0 aliphatic heterocycles. The second-order valence-corrected chi connectivity index (χ2v) is 8.00. The van der Waals surface area contributed by atoms with Crippen molar-refractivity contribution in [2.45, 2.75) is 33.7 Å². The number of anilines is 2. The van der Waals surface area contributed by atoms with Crippen molar-refractivity contribution in [3.8, 4) is 0 Å². The monoisotopic (exact) mass is 412 g/mol. The van der Waals surface area contributed by atoms with Gasteiger partial charge in [-0.25, -0.2) is 14.6 Å². The van der Waals surface area contributed by atoms with Gasteiger partial charge in [0.2, 0.25) is 0 Å². The highest BCUT2D eigenvalue weighted by Crippen LogP contribution is 2.17. The van der Waals surface area contributed by atoms with Crippen molar-refractivity contribution in [2.24, 2.45) is 16.1 Å². The van der Waals surface area contributed by atoms with E-state index in [9.17, 15) is 9.59 Å². The number of nitrogens with one attached hydrogen (secondary N) is 2. The summed E-state index contributed by atoms with van der Waals surface area (Å²) in [6, 6.07) is 10.4. The number of nitrogen functional groups attached to an aromatic ring is 1. The van der Waals surface area contributed by atoms with Gasteiger partial charge in [0, 0.05) is 18.0 Å². The lowest BCUT2D eigenvalue weighted by molar-refractivity contribution is 0.115. The predicted octanol–water partition coefficient (Wildman–Crippen LogP) is 3.43. The van der Waals surface area contributed by atoms with Gasteiger partial charge in [0.15, 0.2) is 0 Å². The lowest BCUT2D eigenvalue weighted by atomic mass is 9.99. The highest BCUT2D eigenvalue weighted by Gasteiger charge is 2.15. The van der Waals surface area contributed by atoms with Gasteiger partial charge in [-0.15, -0.1) is 0 Å². The third-order valence-corrected chi connectivity index (χ3v) is 3.94. The number of amidine groups is 1. The molecule has 2 aromatic rings. The molecule has 1 heterocycles. The topological polar surface area (TPSA) is 145 Å². The van der Waals surface area contributed by atoms with E-state index in [0.29, 0.717) is 0 Å². The minimum absolute atomic E-state index is 0.118. The highest BCUT2D eigenvalue weighted by molar-refractivity contribution is 6.06. The molecule has 1 atom stereocenters. The molecule has 0 unspecified atom stereocenters. The number of hydrogen-bond donors (Lipinski definition) is 4. The van der Waals surface area contributed by atoms with Crippen LogP contribution < -0.4 is 22.1 Å². The van der Waals surface area contributed by atoms with Gasteiger partial charge in [-0.2, -0.15) is 4.99 Å². The minimum Gasteiger partial charge on any atom is -0.447 e. The van der Waals surface area contributed by atoms with Gasteiger partial charge < -0.3 is 21.5 Å². The molecule has 0 radical (unpaired) electrons. The Balaban J connectivity index is 1.99. The number of carbonyl (C=O) groups excluding carboxylic acids is 2. The number of aromatic nitrogens is 1. The first-order chi connectivity index (χ1) is 14.0. The van der Waals surface area contributed by atoms with Crippen molar-refractivity contribution < 1.29 is 14.3 Å². The Kier molecular flexibility index (Phi) is 7.35. The summed E-state index contributed by atoms with van der Waals surface area (Å²) in [4.78, 5) is 31.8. The van der Waals surface area contributed by atoms with Gasteiger partial charge in [0.1, 0.15) is 11.7 Å². The quantitative estimate of drug-likeness (QED) is 0.437. The Hall–Kier alpha value is -3.62. The number of ether oxygens (including phenoxy) is 1. The van der Waals surface area contributed by atoms with E-state index in [-0.39, 0.29) is 41.0 Å². The number of urea groups is 1. The van der Waals surface area contributed by atoms with Crippen LogP contribution in [0.4, 0.5) is 21.1 Å². The van der Waals surface area contributed by atoms with Gasteiger partial charge in [-0.3, -0.25) is 5.32 Å². The first-order valence-corrected chi connectivity index (χ1v) is 9.44. The molecule has 6 N–H and O–H groups in total. The summed E-state index contributed by atoms with van der Waals surface area (Å²) < 4.78 is 5.06. The zero-order valence-electron chi connectivity index (χ0n) is 17.6. The maximum Gasteiger partial charge on any atom is 0.435 e. The minimum atomic E-state index is -0.807. The van der Waals surface area contributed by atoms with Crippen molar-refractivity contribution in [1.82, 2.24) is 10.3 Å². The van der Waals surface area contributed by atoms with Crippen LogP contribution in [0.2, 0.25) is 0 Å². The van der Waals surface area contributed by atoms with E-state index in [0.717, 1.165) is 5.56 Å². The van der Waals surface area contributed by atoms with E-state index in [4.69, 9.17) is 16.2 Å². The molecule has 0 aliphatic carbocycles. The highest BCUT2D eigenvalue weighted by atomic mass is 16.5. The van der Waals surface area contributed by atoms with E-state index in [2.05, 4.69) is 20.6 Å². The van der Waals surface area contributed by atoms with Crippen LogP contribution in [0.1, 0.15) is 44.9 Å². The van der Waals surface area contributed by atoms with Crippen LogP contribution in [0.3, 0.4) is 0 Å². The Morgan fingerprint density at radius 1 is 1.23 bits per heavy atom. The maximum absolute atomic E-state index is 12.2. The molecule has 0 aliphatic rings. The molecular formula is C21H28N6O3. The third kappa shape index (κ3) is 7.08. The van der Waals surface area contributed by atoms with Crippen LogP contribution in [0.25, 0.3) is 0 Å². The number of nitrogens with zero attached hydrogens (tertiary/aromatic N) is 2. The van der Waals surface area contributed by atoms with E-state index >= 15 is 0 Å². The van der Waals surface area contributed by atoms with Gasteiger partial charge in [0.25, 0.3) is 0 Å². The van der Waals surface area contributed by atoms with E-state index < -0.39 is 12.1 Å². The number of benzene rings is 1. The van der Waals surface area contributed by atoms with Gasteiger partial charge in [-0.05, 0) is 17.9 Å². The summed E-state index contributed by atoms with van der Waals surface area (Å²) in [7, 11) is 0. The van der Waals surface area contributed by atoms with Crippen molar-refractivity contribution >= 4 is 29.5 Å². The summed E-state index contributed by atoms with van der Waals surface area (Å²) in [5, 5.41) is 5.43. The van der Waals surface area contributed by atoms with E-state index in [1.807, 2.05) is 58.0 Å². The Morgan fingerprint density at radius 2 is 1.90 bits per heavy atom. The molecule has 1 aromatic heterocycles. The van der Waals surface area contributed by atoms with Crippen LogP contribution in [0.5, 0.6) is 0 Å². The molecule has 0 saturated heterocycles. The smallest absolute Gasteiger partial charge is 0.435 e. The zero-order valence-corrected chi connectivity index (χ0v) is 17.6. The molecule has 160 valence electrons. The second-order valence-electron chi connectivity index (χ2n) is 8.00. The summed E-state index contributed by atoms with van der Waals surface area (Å²) in [5.74, 6) is 0.115. The molecule has 0 fully saturated rings. The van der Waals surface area contributed by atoms with Crippen LogP contribution in [0, 0.1) is 5.41 Å². The predicted molar refractivity (Wildman–Crippen MR) is 117 cm³/mol. The maximum atomic E-state index is 12.2. The van der Waals surface area contributed by atoms with E-state index in [1.165, 1.54) is 12.3 Å².